The lowest BCUT2D eigenvalue weighted by Crippen LogP contribution is -2.47. The number of hydrogen-bond donors (Lipinski definition) is 1. The van der Waals surface area contributed by atoms with E-state index < -0.39 is 21.3 Å². The second-order valence-electron chi connectivity index (χ2n) is 8.96. The maximum atomic E-state index is 13.4. The Morgan fingerprint density at radius 3 is 2.37 bits per heavy atom. The molecule has 0 radical (unpaired) electrons. The highest BCUT2D eigenvalue weighted by Gasteiger charge is 2.28. The number of likely N-dealkylation sites (N-methyl/N-ethyl adjacent to an activating group) is 1. The first-order chi connectivity index (χ1) is 16.7. The highest BCUT2D eigenvalue weighted by Crippen LogP contribution is 2.34. The zero-order valence-corrected chi connectivity index (χ0v) is 21.5. The van der Waals surface area contributed by atoms with Crippen molar-refractivity contribution in [1.82, 2.24) is 23.3 Å². The molecular weight excluding hydrogens is 470 g/mol. The Labute approximate surface area is 204 Å². The number of piperazine rings is 1. The maximum absolute atomic E-state index is 13.4. The number of fused-ring (bicyclic) bond motifs is 1. The summed E-state index contributed by atoms with van der Waals surface area (Å²) in [5, 5.41) is 0.365. The molecule has 3 heterocycles. The van der Waals surface area contributed by atoms with Crippen LogP contribution in [-0.4, -0.2) is 71.6 Å². The lowest BCUT2D eigenvalue weighted by atomic mass is 10.1. The lowest BCUT2D eigenvalue weighted by Gasteiger charge is -2.31. The van der Waals surface area contributed by atoms with E-state index in [9.17, 15) is 18.0 Å². The van der Waals surface area contributed by atoms with Crippen molar-refractivity contribution in [3.8, 4) is 17.0 Å². The fraction of sp³-hybridized carbons (Fsp3) is 0.500. The molecule has 1 aromatic carbocycles. The van der Waals surface area contributed by atoms with Crippen LogP contribution in [0.3, 0.4) is 0 Å². The van der Waals surface area contributed by atoms with Gasteiger partial charge in [0.2, 0.25) is 10.0 Å². The zero-order valence-electron chi connectivity index (χ0n) is 20.7. The van der Waals surface area contributed by atoms with Crippen molar-refractivity contribution in [3.05, 3.63) is 45.1 Å². The van der Waals surface area contributed by atoms with Gasteiger partial charge in [-0.25, -0.2) is 13.2 Å². The van der Waals surface area contributed by atoms with Gasteiger partial charge in [-0.3, -0.25) is 13.9 Å². The van der Waals surface area contributed by atoms with Gasteiger partial charge in [0.25, 0.3) is 5.56 Å². The van der Waals surface area contributed by atoms with Gasteiger partial charge in [0.1, 0.15) is 11.4 Å². The third-order valence-corrected chi connectivity index (χ3v) is 8.26. The van der Waals surface area contributed by atoms with Gasteiger partial charge in [-0.15, -0.1) is 0 Å². The molecule has 0 saturated carbocycles. The smallest absolute Gasteiger partial charge is 0.332 e. The molecular formula is C24H33N5O5S. The maximum Gasteiger partial charge on any atom is 0.332 e. The van der Waals surface area contributed by atoms with Crippen LogP contribution in [0.2, 0.25) is 0 Å². The largest absolute Gasteiger partial charge is 0.493 e. The molecule has 1 N–H and O–H groups in total. The molecule has 1 aliphatic heterocycles. The molecule has 0 atom stereocenters. The molecule has 0 spiro atoms. The number of rotatable bonds is 8. The van der Waals surface area contributed by atoms with Crippen LogP contribution in [0, 0.1) is 0 Å². The summed E-state index contributed by atoms with van der Waals surface area (Å²) in [5.74, 6) is 0.511. The number of hydrogen-bond acceptors (Lipinski definition) is 6. The van der Waals surface area contributed by atoms with E-state index in [-0.39, 0.29) is 4.90 Å². The molecule has 10 nitrogen and oxygen atoms in total. The van der Waals surface area contributed by atoms with Crippen molar-refractivity contribution in [2.24, 2.45) is 7.05 Å². The number of aryl methyl sites for hydroxylation is 1. The molecule has 35 heavy (non-hydrogen) atoms. The third kappa shape index (κ3) is 4.67. The summed E-state index contributed by atoms with van der Waals surface area (Å²) < 4.78 is 36.9. The Morgan fingerprint density at radius 1 is 1.00 bits per heavy atom. The normalized spacial score (nSPS) is 15.7. The Kier molecular flexibility index (Phi) is 7.20. The number of sulfonamides is 1. The van der Waals surface area contributed by atoms with Gasteiger partial charge < -0.3 is 14.6 Å². The number of ether oxygens (including phenoxy) is 1. The van der Waals surface area contributed by atoms with Crippen LogP contribution in [0.4, 0.5) is 0 Å². The molecule has 0 bridgehead atoms. The average molecular weight is 504 g/mol. The van der Waals surface area contributed by atoms with Crippen molar-refractivity contribution in [1.29, 1.82) is 0 Å². The predicted octanol–water partition coefficient (Wildman–Crippen LogP) is 1.83. The monoisotopic (exact) mass is 503 g/mol. The highest BCUT2D eigenvalue weighted by atomic mass is 32.2. The quantitative estimate of drug-likeness (QED) is 0.502. The van der Waals surface area contributed by atoms with Crippen LogP contribution in [-0.2, 0) is 23.6 Å². The lowest BCUT2D eigenvalue weighted by molar-refractivity contribution is 0.222. The standard InChI is InChI=1S/C24H33N5O5S/c1-5-9-29-22-19(23(30)27(4)24(29)31)16-20(25-22)18-15-17(7-8-21(18)34-14-6-2)35(32,33)28-12-10-26(3)11-13-28/h7-8,15-16,25H,5-6,9-14H2,1-4H3. The van der Waals surface area contributed by atoms with Crippen LogP contribution >= 0.6 is 0 Å². The van der Waals surface area contributed by atoms with E-state index >= 15 is 0 Å². The van der Waals surface area contributed by atoms with Gasteiger partial charge in [-0.05, 0) is 44.2 Å². The van der Waals surface area contributed by atoms with E-state index in [1.807, 2.05) is 20.9 Å². The first-order valence-electron chi connectivity index (χ1n) is 12.0. The number of nitrogens with zero attached hydrogens (tertiary/aromatic N) is 4. The van der Waals surface area contributed by atoms with Gasteiger partial charge in [0.05, 0.1) is 22.6 Å². The zero-order chi connectivity index (χ0) is 25.3. The van der Waals surface area contributed by atoms with E-state index in [1.54, 1.807) is 24.3 Å². The topological polar surface area (TPSA) is 110 Å². The summed E-state index contributed by atoms with van der Waals surface area (Å²) in [5.41, 5.74) is 0.670. The summed E-state index contributed by atoms with van der Waals surface area (Å²) in [6.45, 7) is 7.04. The third-order valence-electron chi connectivity index (χ3n) is 6.37. The Bertz CT molecular complexity index is 1450. The fourth-order valence-electron chi connectivity index (χ4n) is 4.34. The fourth-order valence-corrected chi connectivity index (χ4v) is 5.78. The van der Waals surface area contributed by atoms with Crippen LogP contribution in [0.25, 0.3) is 22.3 Å². The molecule has 3 aromatic rings. The molecule has 0 aliphatic carbocycles. The van der Waals surface area contributed by atoms with Crippen molar-refractivity contribution in [2.75, 3.05) is 39.8 Å². The second kappa shape index (κ2) is 10.00. The average Bonchev–Trinajstić information content (AvgIpc) is 3.29. The molecule has 1 aliphatic rings. The van der Waals surface area contributed by atoms with Crippen molar-refractivity contribution >= 4 is 21.1 Å². The van der Waals surface area contributed by atoms with E-state index in [1.165, 1.54) is 15.9 Å². The van der Waals surface area contributed by atoms with Gasteiger partial charge in [0.15, 0.2) is 0 Å². The van der Waals surface area contributed by atoms with Crippen LogP contribution in [0.5, 0.6) is 5.75 Å². The molecule has 0 unspecified atom stereocenters. The van der Waals surface area contributed by atoms with Gasteiger partial charge in [-0.2, -0.15) is 4.31 Å². The SMILES string of the molecule is CCCOc1ccc(S(=O)(=O)N2CCN(C)CC2)cc1-c1cc2c(=O)n(C)c(=O)n(CCC)c2[nH]1. The number of aromatic nitrogens is 3. The predicted molar refractivity (Wildman–Crippen MR) is 136 cm³/mol. The Morgan fingerprint density at radius 2 is 1.71 bits per heavy atom. The summed E-state index contributed by atoms with van der Waals surface area (Å²) in [6.07, 6.45) is 1.50. The first-order valence-corrected chi connectivity index (χ1v) is 13.4. The Balaban J connectivity index is 1.88. The van der Waals surface area contributed by atoms with Crippen LogP contribution in [0.15, 0.2) is 38.8 Å². The molecule has 2 aromatic heterocycles. The van der Waals surface area contributed by atoms with E-state index in [0.717, 1.165) is 11.0 Å². The molecule has 4 rings (SSSR count). The molecule has 11 heteroatoms. The van der Waals surface area contributed by atoms with Gasteiger partial charge >= 0.3 is 5.69 Å². The number of benzene rings is 1. The first kappa shape index (κ1) is 25.2. The molecule has 190 valence electrons. The molecule has 1 fully saturated rings. The van der Waals surface area contributed by atoms with E-state index in [2.05, 4.69) is 9.88 Å². The van der Waals surface area contributed by atoms with Crippen LogP contribution < -0.4 is 16.0 Å². The van der Waals surface area contributed by atoms with E-state index in [0.29, 0.717) is 73.8 Å². The van der Waals surface area contributed by atoms with Crippen molar-refractivity contribution in [2.45, 2.75) is 38.1 Å². The van der Waals surface area contributed by atoms with E-state index in [4.69, 9.17) is 4.74 Å². The van der Waals surface area contributed by atoms with Crippen LogP contribution in [0.1, 0.15) is 26.7 Å². The minimum absolute atomic E-state index is 0.165. The summed E-state index contributed by atoms with van der Waals surface area (Å²) in [7, 11) is -0.273. The summed E-state index contributed by atoms with van der Waals surface area (Å²) in [6, 6.07) is 6.49. The van der Waals surface area contributed by atoms with Gasteiger partial charge in [0, 0.05) is 45.3 Å². The number of H-pyrrole nitrogens is 1. The number of nitrogens with one attached hydrogen (secondary N) is 1. The van der Waals surface area contributed by atoms with Gasteiger partial charge in [-0.1, -0.05) is 13.8 Å². The molecule has 1 saturated heterocycles. The van der Waals surface area contributed by atoms with Crippen molar-refractivity contribution < 1.29 is 13.2 Å². The number of aromatic amines is 1. The minimum Gasteiger partial charge on any atom is -0.493 e. The molecule has 0 amide bonds. The Hall–Kier alpha value is -2.89. The minimum atomic E-state index is -3.71. The highest BCUT2D eigenvalue weighted by molar-refractivity contribution is 7.89. The van der Waals surface area contributed by atoms with Crippen molar-refractivity contribution in [3.63, 3.8) is 0 Å². The summed E-state index contributed by atoms with van der Waals surface area (Å²) in [4.78, 5) is 31.1. The second-order valence-corrected chi connectivity index (χ2v) is 10.9. The summed E-state index contributed by atoms with van der Waals surface area (Å²) >= 11 is 0.